The van der Waals surface area contributed by atoms with Crippen molar-refractivity contribution in [1.82, 2.24) is 20.4 Å². The van der Waals surface area contributed by atoms with Gasteiger partial charge in [0.1, 0.15) is 28.2 Å². The molecule has 2 aromatic heterocycles. The van der Waals surface area contributed by atoms with Crippen LogP contribution in [0, 0.1) is 22.7 Å². The van der Waals surface area contributed by atoms with Gasteiger partial charge in [0.05, 0.1) is 16.7 Å². The van der Waals surface area contributed by atoms with Crippen molar-refractivity contribution in [3.05, 3.63) is 70.5 Å². The Morgan fingerprint density at radius 2 is 1.80 bits per heavy atom. The van der Waals surface area contributed by atoms with E-state index in [1.807, 2.05) is 42.0 Å². The SMILES string of the molecule is CCc1c(C#N)c(SC(C(N)=O)c2ccccc2)nc(N(C)C2CCN(c3ncc(C(=O)NO)cn3)CC2)c1C#N. The lowest BCUT2D eigenvalue weighted by Crippen LogP contribution is -2.44. The van der Waals surface area contributed by atoms with Crippen molar-refractivity contribution in [2.75, 3.05) is 29.9 Å². The molecule has 1 saturated heterocycles. The highest BCUT2D eigenvalue weighted by Gasteiger charge is 2.30. The van der Waals surface area contributed by atoms with E-state index in [1.54, 1.807) is 17.6 Å². The van der Waals surface area contributed by atoms with Gasteiger partial charge >= 0.3 is 0 Å². The first-order valence-corrected chi connectivity index (χ1v) is 13.8. The predicted molar refractivity (Wildman–Crippen MR) is 152 cm³/mol. The Bertz CT molecular complexity index is 1500. The number of primary amides is 1. The maximum atomic E-state index is 12.4. The number of nitrogens with zero attached hydrogens (tertiary/aromatic N) is 7. The fourth-order valence-electron chi connectivity index (χ4n) is 4.85. The van der Waals surface area contributed by atoms with Crippen LogP contribution in [-0.2, 0) is 11.2 Å². The van der Waals surface area contributed by atoms with Crippen LogP contribution in [0.3, 0.4) is 0 Å². The van der Waals surface area contributed by atoms with Crippen LogP contribution in [-0.4, -0.2) is 58.2 Å². The molecule has 1 aromatic carbocycles. The minimum Gasteiger partial charge on any atom is -0.368 e. The van der Waals surface area contributed by atoms with E-state index < -0.39 is 17.1 Å². The third-order valence-electron chi connectivity index (χ3n) is 7.05. The van der Waals surface area contributed by atoms with Gasteiger partial charge in [-0.15, -0.1) is 0 Å². The molecule has 0 spiro atoms. The minimum absolute atomic E-state index is 0.0295. The molecular formula is C28H29N9O3S. The molecule has 1 atom stereocenters. The van der Waals surface area contributed by atoms with Gasteiger partial charge in [0.25, 0.3) is 5.91 Å². The Hall–Kier alpha value is -4.72. The van der Waals surface area contributed by atoms with Crippen molar-refractivity contribution >= 4 is 35.3 Å². The normalized spacial score (nSPS) is 14.0. The lowest BCUT2D eigenvalue weighted by atomic mass is 9.99. The molecule has 0 saturated carbocycles. The molecule has 4 N–H and O–H groups in total. The number of piperidine rings is 1. The van der Waals surface area contributed by atoms with Crippen LogP contribution in [0.1, 0.15) is 57.6 Å². The molecule has 12 nitrogen and oxygen atoms in total. The van der Waals surface area contributed by atoms with Gasteiger partial charge in [0.15, 0.2) is 0 Å². The summed E-state index contributed by atoms with van der Waals surface area (Å²) in [5, 5.41) is 28.6. The van der Waals surface area contributed by atoms with E-state index in [0.717, 1.165) is 11.8 Å². The Morgan fingerprint density at radius 3 is 2.34 bits per heavy atom. The monoisotopic (exact) mass is 571 g/mol. The number of hydrogen-bond donors (Lipinski definition) is 3. The maximum absolute atomic E-state index is 12.4. The van der Waals surface area contributed by atoms with Crippen LogP contribution in [0.5, 0.6) is 0 Å². The summed E-state index contributed by atoms with van der Waals surface area (Å²) < 4.78 is 0. The first-order chi connectivity index (χ1) is 19.8. The Morgan fingerprint density at radius 1 is 1.17 bits per heavy atom. The van der Waals surface area contributed by atoms with E-state index in [4.69, 9.17) is 15.9 Å². The first-order valence-electron chi connectivity index (χ1n) is 12.9. The number of benzene rings is 1. The van der Waals surface area contributed by atoms with Gasteiger partial charge in [0.2, 0.25) is 11.9 Å². The molecule has 0 aliphatic carbocycles. The van der Waals surface area contributed by atoms with Crippen molar-refractivity contribution in [2.24, 2.45) is 5.73 Å². The number of hydroxylamine groups is 1. The summed E-state index contributed by atoms with van der Waals surface area (Å²) in [6.07, 6.45) is 4.57. The largest absolute Gasteiger partial charge is 0.368 e. The lowest BCUT2D eigenvalue weighted by Gasteiger charge is -2.38. The number of anilines is 2. The van der Waals surface area contributed by atoms with Gasteiger partial charge < -0.3 is 15.5 Å². The standard InChI is InChI=1S/C28H29N9O3S/c1-3-20-21(13-29)25(34-27(22(20)14-30)41-23(24(31)38)17-7-5-4-6-8-17)36(2)19-9-11-37(12-10-19)28-32-15-18(16-33-28)26(39)35-40/h4-8,15-16,19,23,40H,3,9-12H2,1-2H3,(H2,31,38)(H,35,39). The molecule has 1 aliphatic rings. The highest BCUT2D eigenvalue weighted by molar-refractivity contribution is 8.00. The van der Waals surface area contributed by atoms with E-state index in [2.05, 4.69) is 22.1 Å². The summed E-state index contributed by atoms with van der Waals surface area (Å²) in [6.45, 7) is 3.13. The number of carbonyl (C=O) groups excluding carboxylic acids is 2. The molecule has 41 heavy (non-hydrogen) atoms. The van der Waals surface area contributed by atoms with Crippen molar-refractivity contribution in [3.63, 3.8) is 0 Å². The third kappa shape index (κ3) is 6.22. The number of aromatic nitrogens is 3. The van der Waals surface area contributed by atoms with Gasteiger partial charge in [-0.25, -0.2) is 20.4 Å². The van der Waals surface area contributed by atoms with E-state index in [1.165, 1.54) is 12.4 Å². The van der Waals surface area contributed by atoms with E-state index >= 15 is 0 Å². The van der Waals surface area contributed by atoms with E-state index in [0.29, 0.717) is 65.8 Å². The zero-order chi connectivity index (χ0) is 29.5. The van der Waals surface area contributed by atoms with E-state index in [9.17, 15) is 20.1 Å². The van der Waals surface area contributed by atoms with Crippen LogP contribution < -0.4 is 21.0 Å². The third-order valence-corrected chi connectivity index (χ3v) is 8.31. The molecule has 13 heteroatoms. The maximum Gasteiger partial charge on any atom is 0.277 e. The summed E-state index contributed by atoms with van der Waals surface area (Å²) >= 11 is 1.12. The molecule has 1 aliphatic heterocycles. The number of nitrogens with two attached hydrogens (primary N) is 1. The zero-order valence-electron chi connectivity index (χ0n) is 22.6. The van der Waals surface area contributed by atoms with Crippen LogP contribution in [0.2, 0.25) is 0 Å². The van der Waals surface area contributed by atoms with E-state index in [-0.39, 0.29) is 17.2 Å². The Labute approximate surface area is 241 Å². The Balaban J connectivity index is 1.61. The molecule has 1 unspecified atom stereocenters. The smallest absolute Gasteiger partial charge is 0.277 e. The molecule has 1 fully saturated rings. The molecule has 210 valence electrons. The fraction of sp³-hybridized carbons (Fsp3) is 0.321. The second kappa shape index (κ2) is 13.1. The molecular weight excluding hydrogens is 542 g/mol. The predicted octanol–water partition coefficient (Wildman–Crippen LogP) is 2.72. The molecule has 0 radical (unpaired) electrons. The number of pyridine rings is 1. The van der Waals surface area contributed by atoms with Crippen LogP contribution in [0.25, 0.3) is 0 Å². The molecule has 2 amide bonds. The first kappa shape index (κ1) is 29.3. The van der Waals surface area contributed by atoms with Crippen molar-refractivity contribution < 1.29 is 14.8 Å². The summed E-state index contributed by atoms with van der Waals surface area (Å²) in [6, 6.07) is 13.6. The van der Waals surface area contributed by atoms with Gasteiger partial charge in [-0.3, -0.25) is 14.8 Å². The fourth-order valence-corrected chi connectivity index (χ4v) is 5.90. The van der Waals surface area contributed by atoms with Crippen molar-refractivity contribution in [1.29, 1.82) is 10.5 Å². The number of thioether (sulfide) groups is 1. The van der Waals surface area contributed by atoms with Crippen LogP contribution in [0.15, 0.2) is 47.8 Å². The number of carbonyl (C=O) groups is 2. The van der Waals surface area contributed by atoms with Crippen molar-refractivity contribution in [2.45, 2.75) is 42.5 Å². The molecule has 3 aromatic rings. The molecule has 0 bridgehead atoms. The minimum atomic E-state index is -0.760. The summed E-state index contributed by atoms with van der Waals surface area (Å²) in [5.41, 5.74) is 9.37. The highest BCUT2D eigenvalue weighted by atomic mass is 32.2. The van der Waals surface area contributed by atoms with Gasteiger partial charge in [-0.05, 0) is 30.4 Å². The number of amides is 2. The van der Waals surface area contributed by atoms with Crippen molar-refractivity contribution in [3.8, 4) is 12.1 Å². The quantitative estimate of drug-likeness (QED) is 0.195. The highest BCUT2D eigenvalue weighted by Crippen LogP contribution is 2.40. The average Bonchev–Trinajstić information content (AvgIpc) is 3.02. The summed E-state index contributed by atoms with van der Waals surface area (Å²) in [7, 11) is 1.88. The van der Waals surface area contributed by atoms with Crippen LogP contribution >= 0.6 is 11.8 Å². The summed E-state index contributed by atoms with van der Waals surface area (Å²) in [4.78, 5) is 41.3. The number of nitriles is 2. The van der Waals surface area contributed by atoms with Crippen LogP contribution in [0.4, 0.5) is 11.8 Å². The van der Waals surface area contributed by atoms with Gasteiger partial charge in [-0.1, -0.05) is 49.0 Å². The number of nitrogens with one attached hydrogen (secondary N) is 1. The number of rotatable bonds is 9. The topological polar surface area (TPSA) is 185 Å². The average molecular weight is 572 g/mol. The Kier molecular flexibility index (Phi) is 9.34. The van der Waals surface area contributed by atoms with Gasteiger partial charge in [-0.2, -0.15) is 10.5 Å². The second-order valence-corrected chi connectivity index (χ2v) is 10.5. The lowest BCUT2D eigenvalue weighted by molar-refractivity contribution is -0.117. The zero-order valence-corrected chi connectivity index (χ0v) is 23.4. The van der Waals surface area contributed by atoms with Gasteiger partial charge in [0, 0.05) is 38.6 Å². The molecule has 4 rings (SSSR count). The number of hydrogen-bond acceptors (Lipinski definition) is 11. The second-order valence-electron chi connectivity index (χ2n) is 9.40. The summed E-state index contributed by atoms with van der Waals surface area (Å²) in [5.74, 6) is -0.310. The molecule has 3 heterocycles.